The minimum absolute atomic E-state index is 0. The first-order chi connectivity index (χ1) is 4.61. The molecule has 11 heavy (non-hydrogen) atoms. The van der Waals surface area contributed by atoms with E-state index in [1.54, 1.807) is 23.9 Å². The van der Waals surface area contributed by atoms with Gasteiger partial charge in [0.05, 0.1) is 5.69 Å². The van der Waals surface area contributed by atoms with Crippen molar-refractivity contribution in [3.8, 4) is 0 Å². The van der Waals surface area contributed by atoms with Crippen molar-refractivity contribution in [1.82, 2.24) is 4.57 Å². The van der Waals surface area contributed by atoms with Crippen LogP contribution in [0.1, 0.15) is 17.4 Å². The van der Waals surface area contributed by atoms with Gasteiger partial charge in [-0.15, -0.1) is 5.69 Å². The van der Waals surface area contributed by atoms with Crippen molar-refractivity contribution in [3.63, 3.8) is 0 Å². The van der Waals surface area contributed by atoms with Gasteiger partial charge in [-0.25, -0.2) is 0 Å². The van der Waals surface area contributed by atoms with Gasteiger partial charge >= 0.3 is 0 Å². The number of aromatic nitrogens is 1. The van der Waals surface area contributed by atoms with Crippen LogP contribution in [0.4, 0.5) is 5.69 Å². The number of carbonyl (C=O) groups excluding carboxylic acids is 1. The average molecular weight is 364 g/mol. The van der Waals surface area contributed by atoms with E-state index in [1.165, 1.54) is 6.92 Å². The summed E-state index contributed by atoms with van der Waals surface area (Å²) in [5.74, 6) is 0.000926. The van der Waals surface area contributed by atoms with Crippen molar-refractivity contribution in [1.29, 1.82) is 0 Å². The first-order valence-corrected chi connectivity index (χ1v) is 3.00. The number of hydrogen-bond donors (Lipinski definition) is 0. The number of rotatable bonds is 1. The second kappa shape index (κ2) is 4.28. The maximum absolute atomic E-state index is 10.8. The van der Waals surface area contributed by atoms with E-state index in [4.69, 9.17) is 5.73 Å². The zero-order chi connectivity index (χ0) is 7.72. The van der Waals surface area contributed by atoms with Gasteiger partial charge < -0.3 is 10.3 Å². The van der Waals surface area contributed by atoms with Crippen molar-refractivity contribution in [2.75, 3.05) is 0 Å². The summed E-state index contributed by atoms with van der Waals surface area (Å²) in [5.41, 5.74) is 8.15. The van der Waals surface area contributed by atoms with Crippen molar-refractivity contribution in [2.45, 2.75) is 6.92 Å². The van der Waals surface area contributed by atoms with Crippen LogP contribution in [0.5, 0.6) is 0 Å². The number of hydrogen-bond acceptors (Lipinski definition) is 1. The Bertz CT molecular complexity index is 267. The summed E-state index contributed by atoms with van der Waals surface area (Å²) in [6.07, 6.45) is 1.61. The van der Waals surface area contributed by atoms with Gasteiger partial charge in [0.25, 0.3) is 0 Å². The molecule has 0 unspecified atom stereocenters. The Hall–Kier alpha value is 0.192. The minimum atomic E-state index is 0. The third-order valence-electron chi connectivity index (χ3n) is 1.37. The fraction of sp³-hybridized carbons (Fsp3) is 0.286. The van der Waals surface area contributed by atoms with Gasteiger partial charge in [0.1, 0.15) is 0 Å². The Balaban J connectivity index is 0.000001000. The van der Waals surface area contributed by atoms with E-state index in [0.29, 0.717) is 11.4 Å². The third-order valence-corrected chi connectivity index (χ3v) is 1.37. The summed E-state index contributed by atoms with van der Waals surface area (Å²) < 4.78 is 1.66. The molecular formula is C7H9AcN2O-. The average Bonchev–Trinajstić information content (AvgIpc) is 2.10. The van der Waals surface area contributed by atoms with Crippen LogP contribution in [-0.4, -0.2) is 10.4 Å². The Kier molecular flexibility index (Phi) is 4.35. The number of nitrogens with one attached hydrogen (secondary N) is 1. The van der Waals surface area contributed by atoms with Crippen LogP contribution in [0, 0.1) is 44.1 Å². The Morgan fingerprint density at radius 2 is 2.18 bits per heavy atom. The molecule has 1 aromatic rings. The number of aryl methyl sites for hydroxylation is 1. The molecular weight excluding hydrogens is 355 g/mol. The molecule has 4 heteroatoms. The van der Waals surface area contributed by atoms with Gasteiger partial charge in [0.2, 0.25) is 0 Å². The Labute approximate surface area is 102 Å². The zero-order valence-electron chi connectivity index (χ0n) is 6.59. The molecule has 57 valence electrons. The second-order valence-corrected chi connectivity index (χ2v) is 2.28. The van der Waals surface area contributed by atoms with Gasteiger partial charge in [-0.2, -0.15) is 0 Å². The van der Waals surface area contributed by atoms with Gasteiger partial charge in [-0.1, -0.05) is 0 Å². The maximum Gasteiger partial charge on any atom is 0.176 e. The van der Waals surface area contributed by atoms with Gasteiger partial charge in [-0.3, -0.25) is 4.79 Å². The monoisotopic (exact) mass is 364 g/mol. The summed E-state index contributed by atoms with van der Waals surface area (Å²) in [5, 5.41) is 0. The normalized spacial score (nSPS) is 8.91. The van der Waals surface area contributed by atoms with Crippen LogP contribution < -0.4 is 0 Å². The zero-order valence-corrected chi connectivity index (χ0v) is 11.3. The molecule has 1 heterocycles. The minimum Gasteiger partial charge on any atom is -0.697 e. The van der Waals surface area contributed by atoms with Crippen LogP contribution in [0.25, 0.3) is 5.73 Å². The second-order valence-electron chi connectivity index (χ2n) is 2.28. The SMILES string of the molecule is CC(=O)c1cc([NH-])cn1C.[Ac]. The number of Topliss-reactive ketones (excluding diaryl/α,β-unsaturated/α-hetero) is 1. The first-order valence-electron chi connectivity index (χ1n) is 3.00. The molecule has 0 spiro atoms. The molecule has 0 saturated heterocycles. The Morgan fingerprint density at radius 1 is 1.64 bits per heavy atom. The van der Waals surface area contributed by atoms with Crippen LogP contribution in [0.2, 0.25) is 0 Å². The first kappa shape index (κ1) is 11.2. The summed E-state index contributed by atoms with van der Waals surface area (Å²) in [4.78, 5) is 10.8. The van der Waals surface area contributed by atoms with Crippen LogP contribution in [0.3, 0.4) is 0 Å². The van der Waals surface area contributed by atoms with Crippen LogP contribution in [0.15, 0.2) is 12.3 Å². The predicted molar refractivity (Wildman–Crippen MR) is 39.4 cm³/mol. The van der Waals surface area contributed by atoms with E-state index in [2.05, 4.69) is 0 Å². The molecule has 1 radical (unpaired) electrons. The predicted octanol–water partition coefficient (Wildman–Crippen LogP) is 1.91. The molecule has 1 rings (SSSR count). The number of ketones is 1. The van der Waals surface area contributed by atoms with Crippen molar-refractivity contribution >= 4 is 11.5 Å². The summed E-state index contributed by atoms with van der Waals surface area (Å²) >= 11 is 0. The molecule has 3 nitrogen and oxygen atoms in total. The smallest absolute Gasteiger partial charge is 0.176 e. The molecule has 0 bridgehead atoms. The van der Waals surface area contributed by atoms with E-state index in [1.807, 2.05) is 0 Å². The van der Waals surface area contributed by atoms with Crippen molar-refractivity contribution < 1.29 is 48.9 Å². The number of nitrogens with zero attached hydrogens (tertiary/aromatic N) is 1. The number of carbonyl (C=O) groups is 1. The molecule has 0 amide bonds. The van der Waals surface area contributed by atoms with Gasteiger partial charge in [0, 0.05) is 58.0 Å². The summed E-state index contributed by atoms with van der Waals surface area (Å²) in [6.45, 7) is 1.49. The van der Waals surface area contributed by atoms with Crippen molar-refractivity contribution in [3.05, 3.63) is 23.7 Å². The van der Waals surface area contributed by atoms with E-state index in [9.17, 15) is 4.79 Å². The molecule has 0 atom stereocenters. The molecule has 0 fully saturated rings. The van der Waals surface area contributed by atoms with Crippen LogP contribution >= 0.6 is 0 Å². The summed E-state index contributed by atoms with van der Waals surface area (Å²) in [6, 6.07) is 1.56. The quantitative estimate of drug-likeness (QED) is 0.703. The van der Waals surface area contributed by atoms with E-state index >= 15 is 0 Å². The molecule has 0 aliphatic rings. The van der Waals surface area contributed by atoms with Crippen molar-refractivity contribution in [2.24, 2.45) is 7.05 Å². The molecule has 0 aromatic carbocycles. The molecule has 0 saturated carbocycles. The summed E-state index contributed by atoms with van der Waals surface area (Å²) in [7, 11) is 1.76. The van der Waals surface area contributed by atoms with E-state index < -0.39 is 0 Å². The van der Waals surface area contributed by atoms with Crippen LogP contribution in [-0.2, 0) is 7.05 Å². The van der Waals surface area contributed by atoms with E-state index in [0.717, 1.165) is 0 Å². The standard InChI is InChI=1S/C7H9N2O.Ac/c1-5(10)7-3-6(8)4-9(7)2;/h3-4,8H,1-2H3;/q-1;. The Morgan fingerprint density at radius 3 is 2.36 bits per heavy atom. The molecule has 0 aliphatic carbocycles. The molecule has 1 N–H and O–H groups in total. The molecule has 0 aliphatic heterocycles. The third kappa shape index (κ3) is 2.61. The fourth-order valence-electron chi connectivity index (χ4n) is 0.915. The van der Waals surface area contributed by atoms with Gasteiger partial charge in [0.15, 0.2) is 5.78 Å². The largest absolute Gasteiger partial charge is 0.697 e. The molecule has 1 aromatic heterocycles. The van der Waals surface area contributed by atoms with E-state index in [-0.39, 0.29) is 49.8 Å². The van der Waals surface area contributed by atoms with Gasteiger partial charge in [-0.05, 0) is 12.3 Å². The fourth-order valence-corrected chi connectivity index (χ4v) is 0.915. The topological polar surface area (TPSA) is 45.8 Å². The maximum atomic E-state index is 10.8.